The van der Waals surface area contributed by atoms with E-state index >= 15 is 0 Å². The third-order valence-corrected chi connectivity index (χ3v) is 5.71. The number of carbonyl (C=O) groups is 1. The Labute approximate surface area is 166 Å². The molecule has 0 radical (unpaired) electrons. The summed E-state index contributed by atoms with van der Waals surface area (Å²) in [6.07, 6.45) is 3.62. The van der Waals surface area contributed by atoms with Crippen LogP contribution in [0.3, 0.4) is 0 Å². The summed E-state index contributed by atoms with van der Waals surface area (Å²) in [5.74, 6) is 0.195. The number of likely N-dealkylation sites (tertiary alicyclic amines) is 1. The zero-order valence-corrected chi connectivity index (χ0v) is 16.5. The van der Waals surface area contributed by atoms with Gasteiger partial charge in [0, 0.05) is 22.3 Å². The Kier molecular flexibility index (Phi) is 5.02. The Morgan fingerprint density at radius 3 is 2.43 bits per heavy atom. The molecule has 1 aromatic heterocycles. The zero-order valence-electron chi connectivity index (χ0n) is 16.5. The fourth-order valence-electron chi connectivity index (χ4n) is 4.29. The van der Waals surface area contributed by atoms with Crippen LogP contribution in [0.1, 0.15) is 46.4 Å². The van der Waals surface area contributed by atoms with E-state index in [-0.39, 0.29) is 5.78 Å². The molecule has 0 unspecified atom stereocenters. The van der Waals surface area contributed by atoms with Crippen LogP contribution in [0.2, 0.25) is 0 Å². The summed E-state index contributed by atoms with van der Waals surface area (Å²) in [7, 11) is 0. The van der Waals surface area contributed by atoms with Gasteiger partial charge in [0.1, 0.15) is 0 Å². The number of piperidine rings is 1. The predicted octanol–water partition coefficient (Wildman–Crippen LogP) is 4.79. The van der Waals surface area contributed by atoms with Crippen LogP contribution in [-0.2, 0) is 0 Å². The van der Waals surface area contributed by atoms with Gasteiger partial charge in [0.05, 0.1) is 23.7 Å². The van der Waals surface area contributed by atoms with Gasteiger partial charge in [-0.2, -0.15) is 5.26 Å². The molecule has 0 amide bonds. The first-order valence-electron chi connectivity index (χ1n) is 9.96. The Morgan fingerprint density at radius 2 is 1.75 bits per heavy atom. The summed E-state index contributed by atoms with van der Waals surface area (Å²) in [4.78, 5) is 15.6. The Balaban J connectivity index is 1.81. The van der Waals surface area contributed by atoms with Crippen LogP contribution in [-0.4, -0.2) is 34.9 Å². The minimum absolute atomic E-state index is 0.195. The monoisotopic (exact) mass is 371 g/mol. The van der Waals surface area contributed by atoms with Crippen LogP contribution >= 0.6 is 0 Å². The van der Waals surface area contributed by atoms with Gasteiger partial charge in [-0.1, -0.05) is 18.6 Å². The summed E-state index contributed by atoms with van der Waals surface area (Å²) in [6, 6.07) is 16.0. The van der Waals surface area contributed by atoms with Gasteiger partial charge in [-0.25, -0.2) is 0 Å². The van der Waals surface area contributed by atoms with Crippen LogP contribution in [0.25, 0.3) is 16.6 Å². The standard InChI is InChI=1S/C24H25N3O/c1-17-6-11-21-22(14-17)27(20-9-7-19(15-25)8-10-20)18(2)24(21)23(28)16-26-12-4-3-5-13-26/h6-11,14H,3-5,12-13,16H2,1-2H3. The largest absolute Gasteiger partial charge is 0.313 e. The molecule has 0 aliphatic carbocycles. The maximum absolute atomic E-state index is 13.3. The second-order valence-corrected chi connectivity index (χ2v) is 7.74. The van der Waals surface area contributed by atoms with Crippen molar-refractivity contribution in [2.45, 2.75) is 33.1 Å². The van der Waals surface area contributed by atoms with Crippen LogP contribution < -0.4 is 0 Å². The normalized spacial score (nSPS) is 14.9. The molecule has 1 aliphatic rings. The van der Waals surface area contributed by atoms with E-state index in [1.165, 1.54) is 19.3 Å². The van der Waals surface area contributed by atoms with Crippen molar-refractivity contribution in [3.63, 3.8) is 0 Å². The first-order valence-corrected chi connectivity index (χ1v) is 9.96. The molecule has 142 valence electrons. The number of ketones is 1. The third kappa shape index (κ3) is 3.34. The number of hydrogen-bond acceptors (Lipinski definition) is 3. The molecule has 0 bridgehead atoms. The number of fused-ring (bicyclic) bond motifs is 1. The fraction of sp³-hybridized carbons (Fsp3) is 0.333. The van der Waals surface area contributed by atoms with E-state index in [0.717, 1.165) is 46.5 Å². The predicted molar refractivity (Wildman–Crippen MR) is 112 cm³/mol. The van der Waals surface area contributed by atoms with Crippen LogP contribution in [0.4, 0.5) is 0 Å². The second kappa shape index (κ2) is 7.61. The van der Waals surface area contributed by atoms with E-state index < -0.39 is 0 Å². The average Bonchev–Trinajstić information content (AvgIpc) is 3.00. The molecule has 2 aromatic carbocycles. The van der Waals surface area contributed by atoms with Crippen molar-refractivity contribution >= 4 is 16.7 Å². The van der Waals surface area contributed by atoms with Crippen molar-refractivity contribution in [1.82, 2.24) is 9.47 Å². The van der Waals surface area contributed by atoms with E-state index in [9.17, 15) is 4.79 Å². The van der Waals surface area contributed by atoms with E-state index in [0.29, 0.717) is 12.1 Å². The lowest BCUT2D eigenvalue weighted by atomic mass is 10.0. The molecule has 1 fully saturated rings. The van der Waals surface area contributed by atoms with Crippen molar-refractivity contribution in [3.05, 3.63) is 64.8 Å². The van der Waals surface area contributed by atoms with Gasteiger partial charge in [0.15, 0.2) is 5.78 Å². The maximum atomic E-state index is 13.3. The van der Waals surface area contributed by atoms with Crippen molar-refractivity contribution in [2.75, 3.05) is 19.6 Å². The highest BCUT2D eigenvalue weighted by molar-refractivity contribution is 6.11. The summed E-state index contributed by atoms with van der Waals surface area (Å²) >= 11 is 0. The molecule has 0 spiro atoms. The SMILES string of the molecule is Cc1ccc2c(C(=O)CN3CCCCC3)c(C)n(-c3ccc(C#N)cc3)c2c1. The van der Waals surface area contributed by atoms with E-state index in [1.807, 2.05) is 31.2 Å². The zero-order chi connectivity index (χ0) is 19.7. The highest BCUT2D eigenvalue weighted by Crippen LogP contribution is 2.31. The number of benzene rings is 2. The first kappa shape index (κ1) is 18.5. The molecule has 3 aromatic rings. The Bertz CT molecular complexity index is 1060. The minimum Gasteiger partial charge on any atom is -0.313 e. The summed E-state index contributed by atoms with van der Waals surface area (Å²) in [5, 5.41) is 10.1. The highest BCUT2D eigenvalue weighted by Gasteiger charge is 2.23. The lowest BCUT2D eigenvalue weighted by Gasteiger charge is -2.25. The van der Waals surface area contributed by atoms with E-state index in [4.69, 9.17) is 5.26 Å². The second-order valence-electron chi connectivity index (χ2n) is 7.74. The Morgan fingerprint density at radius 1 is 1.04 bits per heavy atom. The van der Waals surface area contributed by atoms with E-state index in [2.05, 4.69) is 40.7 Å². The molecule has 0 atom stereocenters. The summed E-state index contributed by atoms with van der Waals surface area (Å²) in [6.45, 7) is 6.61. The fourth-order valence-corrected chi connectivity index (χ4v) is 4.29. The lowest BCUT2D eigenvalue weighted by molar-refractivity contribution is 0.0916. The van der Waals surface area contributed by atoms with Gasteiger partial charge in [-0.3, -0.25) is 9.69 Å². The van der Waals surface area contributed by atoms with Crippen molar-refractivity contribution < 1.29 is 4.79 Å². The molecule has 2 heterocycles. The molecule has 4 heteroatoms. The average molecular weight is 371 g/mol. The van der Waals surface area contributed by atoms with E-state index in [1.54, 1.807) is 0 Å². The van der Waals surface area contributed by atoms with Gasteiger partial charge in [-0.15, -0.1) is 0 Å². The highest BCUT2D eigenvalue weighted by atomic mass is 16.1. The number of Topliss-reactive ketones (excluding diaryl/α,β-unsaturated/α-hetero) is 1. The molecule has 1 saturated heterocycles. The third-order valence-electron chi connectivity index (χ3n) is 5.71. The summed E-state index contributed by atoms with van der Waals surface area (Å²) in [5.41, 5.74) is 5.61. The smallest absolute Gasteiger partial charge is 0.179 e. The van der Waals surface area contributed by atoms with Crippen LogP contribution in [0.5, 0.6) is 0 Å². The Hall–Kier alpha value is -2.90. The van der Waals surface area contributed by atoms with Gasteiger partial charge in [-0.05, 0) is 75.7 Å². The maximum Gasteiger partial charge on any atom is 0.179 e. The van der Waals surface area contributed by atoms with Gasteiger partial charge in [0.25, 0.3) is 0 Å². The molecular weight excluding hydrogens is 346 g/mol. The number of nitriles is 1. The quantitative estimate of drug-likeness (QED) is 0.620. The van der Waals surface area contributed by atoms with Crippen LogP contribution in [0, 0.1) is 25.2 Å². The topological polar surface area (TPSA) is 49.0 Å². The van der Waals surface area contributed by atoms with Crippen molar-refractivity contribution in [1.29, 1.82) is 5.26 Å². The molecule has 4 rings (SSSR count). The van der Waals surface area contributed by atoms with Gasteiger partial charge in [0.2, 0.25) is 0 Å². The number of nitrogens with zero attached hydrogens (tertiary/aromatic N) is 3. The number of carbonyl (C=O) groups excluding carboxylic acids is 1. The van der Waals surface area contributed by atoms with Crippen LogP contribution in [0.15, 0.2) is 42.5 Å². The summed E-state index contributed by atoms with van der Waals surface area (Å²) < 4.78 is 2.15. The number of rotatable bonds is 4. The molecule has 0 saturated carbocycles. The van der Waals surface area contributed by atoms with Crippen molar-refractivity contribution in [2.24, 2.45) is 0 Å². The lowest BCUT2D eigenvalue weighted by Crippen LogP contribution is -2.34. The number of aromatic nitrogens is 1. The molecule has 4 nitrogen and oxygen atoms in total. The minimum atomic E-state index is 0.195. The molecular formula is C24H25N3O. The van der Waals surface area contributed by atoms with Gasteiger partial charge < -0.3 is 4.57 Å². The van der Waals surface area contributed by atoms with Crippen molar-refractivity contribution in [3.8, 4) is 11.8 Å². The number of aryl methyl sites for hydroxylation is 1. The first-order chi connectivity index (χ1) is 13.6. The number of hydrogen-bond donors (Lipinski definition) is 0. The molecule has 1 aliphatic heterocycles. The molecule has 0 N–H and O–H groups in total. The van der Waals surface area contributed by atoms with Gasteiger partial charge >= 0.3 is 0 Å². The molecule has 28 heavy (non-hydrogen) atoms.